The molecule has 0 unspecified atom stereocenters. The molecule has 0 atom stereocenters. The predicted octanol–water partition coefficient (Wildman–Crippen LogP) is 2.14. The van der Waals surface area contributed by atoms with E-state index in [0.29, 0.717) is 27.4 Å². The highest BCUT2D eigenvalue weighted by molar-refractivity contribution is 9.10. The Kier molecular flexibility index (Phi) is 3.96. The third-order valence-corrected chi connectivity index (χ3v) is 2.83. The van der Waals surface area contributed by atoms with Crippen LogP contribution in [-0.2, 0) is 0 Å². The van der Waals surface area contributed by atoms with Gasteiger partial charge in [-0.2, -0.15) is 0 Å². The quantitative estimate of drug-likeness (QED) is 0.931. The maximum absolute atomic E-state index is 11.1. The highest BCUT2D eigenvalue weighted by Gasteiger charge is 2.11. The van der Waals surface area contributed by atoms with Crippen LogP contribution in [0.1, 0.15) is 10.4 Å². The zero-order chi connectivity index (χ0) is 13.8. The van der Waals surface area contributed by atoms with E-state index in [0.717, 1.165) is 0 Å². The van der Waals surface area contributed by atoms with Crippen LogP contribution in [0.2, 0.25) is 0 Å². The topological polar surface area (TPSA) is 87.3 Å². The molecule has 98 valence electrons. The summed E-state index contributed by atoms with van der Waals surface area (Å²) in [6.07, 6.45) is 2.93. The molecule has 2 rings (SSSR count). The summed E-state index contributed by atoms with van der Waals surface area (Å²) in [5, 5.41) is 0. The van der Waals surface area contributed by atoms with Crippen LogP contribution in [0.5, 0.6) is 17.4 Å². The number of methoxy groups -OCH3 is 1. The van der Waals surface area contributed by atoms with Crippen molar-refractivity contribution in [1.82, 2.24) is 9.97 Å². The Morgan fingerprint density at radius 2 is 2.16 bits per heavy atom. The van der Waals surface area contributed by atoms with E-state index in [2.05, 4.69) is 25.9 Å². The molecular weight excluding hydrogens is 314 g/mol. The molecule has 19 heavy (non-hydrogen) atoms. The average Bonchev–Trinajstić information content (AvgIpc) is 2.41. The molecule has 1 heterocycles. The summed E-state index contributed by atoms with van der Waals surface area (Å²) >= 11 is 3.27. The summed E-state index contributed by atoms with van der Waals surface area (Å²) in [4.78, 5) is 18.9. The first kappa shape index (κ1) is 13.3. The molecule has 0 aliphatic rings. The first-order valence-electron chi connectivity index (χ1n) is 5.23. The molecule has 0 saturated heterocycles. The highest BCUT2D eigenvalue weighted by Crippen LogP contribution is 2.33. The number of rotatable bonds is 4. The zero-order valence-corrected chi connectivity index (χ0v) is 11.5. The van der Waals surface area contributed by atoms with Gasteiger partial charge in [-0.1, -0.05) is 0 Å². The minimum absolute atomic E-state index is 0.339. The van der Waals surface area contributed by atoms with Gasteiger partial charge in [0.1, 0.15) is 6.33 Å². The Morgan fingerprint density at radius 1 is 1.37 bits per heavy atom. The lowest BCUT2D eigenvalue weighted by molar-refractivity contribution is 0.1000. The fourth-order valence-corrected chi connectivity index (χ4v) is 1.69. The van der Waals surface area contributed by atoms with Crippen molar-refractivity contribution in [2.75, 3.05) is 7.11 Å². The van der Waals surface area contributed by atoms with Crippen LogP contribution in [0.15, 0.2) is 35.2 Å². The fourth-order valence-electron chi connectivity index (χ4n) is 1.39. The minimum atomic E-state index is -0.534. The summed E-state index contributed by atoms with van der Waals surface area (Å²) in [6, 6.07) is 4.65. The lowest BCUT2D eigenvalue weighted by Gasteiger charge is -2.10. The van der Waals surface area contributed by atoms with Crippen molar-refractivity contribution in [3.8, 4) is 17.4 Å². The van der Waals surface area contributed by atoms with Crippen molar-refractivity contribution in [3.63, 3.8) is 0 Å². The molecule has 0 bridgehead atoms. The van der Waals surface area contributed by atoms with Gasteiger partial charge in [0.15, 0.2) is 11.5 Å². The van der Waals surface area contributed by atoms with E-state index in [9.17, 15) is 4.79 Å². The second-order valence-corrected chi connectivity index (χ2v) is 4.36. The molecular formula is C12H10BrN3O3. The number of carbonyl (C=O) groups excluding carboxylic acids is 1. The van der Waals surface area contributed by atoms with Crippen molar-refractivity contribution >= 4 is 21.8 Å². The Hall–Kier alpha value is -2.15. The third-order valence-electron chi connectivity index (χ3n) is 2.29. The normalized spacial score (nSPS) is 10.0. The average molecular weight is 324 g/mol. The molecule has 0 aliphatic carbocycles. The van der Waals surface area contributed by atoms with Crippen LogP contribution in [0.3, 0.4) is 0 Å². The summed E-state index contributed by atoms with van der Waals surface area (Å²) in [5.74, 6) is 0.627. The van der Waals surface area contributed by atoms with Gasteiger partial charge in [0.05, 0.1) is 11.6 Å². The van der Waals surface area contributed by atoms with Gasteiger partial charge in [0.25, 0.3) is 0 Å². The van der Waals surface area contributed by atoms with Gasteiger partial charge in [0, 0.05) is 11.8 Å². The molecule has 0 aliphatic heterocycles. The first-order valence-corrected chi connectivity index (χ1v) is 6.02. The molecule has 0 radical (unpaired) electrons. The number of halogens is 1. The number of amides is 1. The molecule has 1 aromatic heterocycles. The number of nitrogens with zero attached hydrogens (tertiary/aromatic N) is 2. The molecule has 2 N–H and O–H groups in total. The van der Waals surface area contributed by atoms with Crippen LogP contribution >= 0.6 is 15.9 Å². The van der Waals surface area contributed by atoms with Gasteiger partial charge in [-0.05, 0) is 34.1 Å². The molecule has 7 heteroatoms. The lowest BCUT2D eigenvalue weighted by atomic mass is 10.2. The van der Waals surface area contributed by atoms with E-state index in [1.165, 1.54) is 19.5 Å². The first-order chi connectivity index (χ1) is 9.11. The van der Waals surface area contributed by atoms with E-state index >= 15 is 0 Å². The molecule has 0 spiro atoms. The van der Waals surface area contributed by atoms with Crippen molar-refractivity contribution < 1.29 is 14.3 Å². The van der Waals surface area contributed by atoms with Crippen LogP contribution in [0, 0.1) is 0 Å². The summed E-state index contributed by atoms with van der Waals surface area (Å²) in [6.45, 7) is 0. The maximum atomic E-state index is 11.1. The van der Waals surface area contributed by atoms with Crippen molar-refractivity contribution in [2.45, 2.75) is 0 Å². The van der Waals surface area contributed by atoms with Crippen LogP contribution in [0.4, 0.5) is 0 Å². The Balaban J connectivity index is 2.35. The van der Waals surface area contributed by atoms with Gasteiger partial charge in [-0.15, -0.1) is 0 Å². The number of aromatic nitrogens is 2. The van der Waals surface area contributed by atoms with Gasteiger partial charge in [-0.25, -0.2) is 9.97 Å². The fraction of sp³-hybridized carbons (Fsp3) is 0.0833. The summed E-state index contributed by atoms with van der Waals surface area (Å²) in [7, 11) is 1.47. The van der Waals surface area contributed by atoms with E-state index in [-0.39, 0.29) is 0 Å². The molecule has 1 amide bonds. The molecule has 0 saturated carbocycles. The molecule has 1 aromatic carbocycles. The number of carbonyl (C=O) groups is 1. The van der Waals surface area contributed by atoms with Crippen molar-refractivity contribution in [3.05, 3.63) is 40.8 Å². The second-order valence-electron chi connectivity index (χ2n) is 3.51. The van der Waals surface area contributed by atoms with E-state index in [4.69, 9.17) is 15.2 Å². The largest absolute Gasteiger partial charge is 0.493 e. The Labute approximate surface area is 117 Å². The molecule has 0 fully saturated rings. The Bertz CT molecular complexity index is 619. The molecule has 2 aromatic rings. The van der Waals surface area contributed by atoms with E-state index in [1.807, 2.05) is 0 Å². The standard InChI is InChI=1S/C12H10BrN3O3/c1-18-10-4-7(11(14)17)2-3-9(10)19-12-8(13)5-15-6-16-12/h2-6H,1H3,(H2,14,17). The van der Waals surface area contributed by atoms with Gasteiger partial charge < -0.3 is 15.2 Å². The van der Waals surface area contributed by atoms with E-state index in [1.54, 1.807) is 18.3 Å². The summed E-state index contributed by atoms with van der Waals surface area (Å²) in [5.41, 5.74) is 5.54. The number of benzene rings is 1. The molecule has 6 nitrogen and oxygen atoms in total. The lowest BCUT2D eigenvalue weighted by Crippen LogP contribution is -2.10. The van der Waals surface area contributed by atoms with E-state index < -0.39 is 5.91 Å². The monoisotopic (exact) mass is 323 g/mol. The third kappa shape index (κ3) is 3.00. The van der Waals surface area contributed by atoms with Crippen molar-refractivity contribution in [1.29, 1.82) is 0 Å². The SMILES string of the molecule is COc1cc(C(N)=O)ccc1Oc1ncncc1Br. The number of primary amides is 1. The highest BCUT2D eigenvalue weighted by atomic mass is 79.9. The number of ether oxygens (including phenoxy) is 2. The number of nitrogens with two attached hydrogens (primary N) is 1. The van der Waals surface area contributed by atoms with Gasteiger partial charge >= 0.3 is 0 Å². The predicted molar refractivity (Wildman–Crippen MR) is 71.3 cm³/mol. The van der Waals surface area contributed by atoms with Crippen LogP contribution in [-0.4, -0.2) is 23.0 Å². The minimum Gasteiger partial charge on any atom is -0.493 e. The van der Waals surface area contributed by atoms with Crippen molar-refractivity contribution in [2.24, 2.45) is 5.73 Å². The van der Waals surface area contributed by atoms with Gasteiger partial charge in [-0.3, -0.25) is 4.79 Å². The zero-order valence-electron chi connectivity index (χ0n) is 9.96. The Morgan fingerprint density at radius 3 is 2.79 bits per heavy atom. The summed E-state index contributed by atoms with van der Waals surface area (Å²) < 4.78 is 11.4. The van der Waals surface area contributed by atoms with Gasteiger partial charge in [0.2, 0.25) is 11.8 Å². The maximum Gasteiger partial charge on any atom is 0.248 e. The van der Waals surface area contributed by atoms with Crippen LogP contribution < -0.4 is 15.2 Å². The smallest absolute Gasteiger partial charge is 0.248 e. The second kappa shape index (κ2) is 5.66. The number of hydrogen-bond donors (Lipinski definition) is 1. The van der Waals surface area contributed by atoms with Crippen LogP contribution in [0.25, 0.3) is 0 Å². The number of hydrogen-bond acceptors (Lipinski definition) is 5.